The maximum atomic E-state index is 12.0. The van der Waals surface area contributed by atoms with Gasteiger partial charge in [0, 0.05) is 25.4 Å². The lowest BCUT2D eigenvalue weighted by Crippen LogP contribution is -2.43. The largest absolute Gasteiger partial charge is 0.396 e. The summed E-state index contributed by atoms with van der Waals surface area (Å²) in [4.78, 5) is 17.1. The van der Waals surface area contributed by atoms with Crippen LogP contribution in [-0.4, -0.2) is 46.5 Å². The fourth-order valence-electron chi connectivity index (χ4n) is 2.19. The van der Waals surface area contributed by atoms with Crippen molar-refractivity contribution >= 4 is 5.78 Å². The van der Waals surface area contributed by atoms with Gasteiger partial charge in [-0.05, 0) is 31.4 Å². The molecule has 2 N–H and O–H groups in total. The van der Waals surface area contributed by atoms with Crippen molar-refractivity contribution in [3.8, 4) is 0 Å². The molecule has 4 nitrogen and oxygen atoms in total. The molecule has 0 aliphatic heterocycles. The van der Waals surface area contributed by atoms with E-state index in [1.165, 1.54) is 19.3 Å². The van der Waals surface area contributed by atoms with Gasteiger partial charge in [0.2, 0.25) is 0 Å². The summed E-state index contributed by atoms with van der Waals surface area (Å²) in [5.41, 5.74) is 0.679. The first kappa shape index (κ1) is 12.3. The number of rotatable bonds is 7. The van der Waals surface area contributed by atoms with Gasteiger partial charge in [-0.2, -0.15) is 0 Å². The van der Waals surface area contributed by atoms with Gasteiger partial charge in [-0.25, -0.2) is 0 Å². The molecule has 1 aliphatic rings. The standard InChI is InChI=1S/C13H20N2O2/c16-9-3-8-15(11-4-1-5-11)10-13(17)12-6-2-7-14-12/h2,6-7,11,14,16H,1,3-5,8-10H2. The molecule has 1 aromatic heterocycles. The van der Waals surface area contributed by atoms with E-state index in [-0.39, 0.29) is 12.4 Å². The number of aliphatic hydroxyl groups excluding tert-OH is 1. The molecule has 1 aromatic rings. The van der Waals surface area contributed by atoms with Crippen LogP contribution in [0.4, 0.5) is 0 Å². The number of aromatic amines is 1. The maximum absolute atomic E-state index is 12.0. The van der Waals surface area contributed by atoms with Crippen molar-refractivity contribution in [2.24, 2.45) is 0 Å². The molecule has 4 heteroatoms. The zero-order valence-corrected chi connectivity index (χ0v) is 10.1. The van der Waals surface area contributed by atoms with Crippen LogP contribution in [0, 0.1) is 0 Å². The number of nitrogens with one attached hydrogen (secondary N) is 1. The fraction of sp³-hybridized carbons (Fsp3) is 0.615. The number of aromatic nitrogens is 1. The number of carbonyl (C=O) groups excluding carboxylic acids is 1. The lowest BCUT2D eigenvalue weighted by molar-refractivity contribution is 0.0784. The summed E-state index contributed by atoms with van der Waals surface area (Å²) < 4.78 is 0. The first-order valence-corrected chi connectivity index (χ1v) is 6.33. The third-order valence-electron chi connectivity index (χ3n) is 3.44. The molecule has 0 aromatic carbocycles. The number of ketones is 1. The fourth-order valence-corrected chi connectivity index (χ4v) is 2.19. The summed E-state index contributed by atoms with van der Waals surface area (Å²) in [6.07, 6.45) is 6.15. The molecule has 0 unspecified atom stereocenters. The predicted octanol–water partition coefficient (Wildman–Crippen LogP) is 1.43. The Hall–Kier alpha value is -1.13. The minimum absolute atomic E-state index is 0.139. The Bertz CT molecular complexity index is 344. The summed E-state index contributed by atoms with van der Waals surface area (Å²) in [5, 5.41) is 8.89. The van der Waals surface area contributed by atoms with E-state index in [0.29, 0.717) is 18.3 Å². The van der Waals surface area contributed by atoms with Crippen LogP contribution >= 0.6 is 0 Å². The highest BCUT2D eigenvalue weighted by atomic mass is 16.3. The van der Waals surface area contributed by atoms with Crippen molar-refractivity contribution in [2.45, 2.75) is 31.7 Å². The van der Waals surface area contributed by atoms with Gasteiger partial charge < -0.3 is 10.1 Å². The van der Waals surface area contributed by atoms with Gasteiger partial charge in [-0.3, -0.25) is 9.69 Å². The second kappa shape index (κ2) is 5.98. The molecule has 1 aliphatic carbocycles. The first-order valence-electron chi connectivity index (χ1n) is 6.33. The van der Waals surface area contributed by atoms with Crippen LogP contribution in [0.2, 0.25) is 0 Å². The maximum Gasteiger partial charge on any atom is 0.192 e. The van der Waals surface area contributed by atoms with E-state index < -0.39 is 0 Å². The monoisotopic (exact) mass is 236 g/mol. The normalized spacial score (nSPS) is 16.1. The van der Waals surface area contributed by atoms with Crippen molar-refractivity contribution in [3.63, 3.8) is 0 Å². The van der Waals surface area contributed by atoms with Crippen LogP contribution in [0.3, 0.4) is 0 Å². The Labute approximate surface area is 102 Å². The second-order valence-corrected chi connectivity index (χ2v) is 4.64. The molecule has 0 atom stereocenters. The summed E-state index contributed by atoms with van der Waals surface area (Å²) in [6, 6.07) is 4.20. The predicted molar refractivity (Wildman–Crippen MR) is 66.0 cm³/mol. The zero-order valence-electron chi connectivity index (χ0n) is 10.1. The van der Waals surface area contributed by atoms with Crippen molar-refractivity contribution in [1.82, 2.24) is 9.88 Å². The van der Waals surface area contributed by atoms with E-state index >= 15 is 0 Å². The highest BCUT2D eigenvalue weighted by Gasteiger charge is 2.26. The minimum atomic E-state index is 0.139. The van der Waals surface area contributed by atoms with Gasteiger partial charge >= 0.3 is 0 Å². The summed E-state index contributed by atoms with van der Waals surface area (Å²) in [6.45, 7) is 1.47. The number of nitrogens with zero attached hydrogens (tertiary/aromatic N) is 1. The topological polar surface area (TPSA) is 56.3 Å². The SMILES string of the molecule is O=C(CN(CCCO)C1CCC1)c1ccc[nH]1. The molecule has 2 rings (SSSR count). The summed E-state index contributed by atoms with van der Waals surface area (Å²) in [5.74, 6) is 0.139. The zero-order chi connectivity index (χ0) is 12.1. The molecule has 1 heterocycles. The molecule has 0 saturated heterocycles. The molecule has 0 amide bonds. The van der Waals surface area contributed by atoms with E-state index in [9.17, 15) is 4.79 Å². The molecular weight excluding hydrogens is 216 g/mol. The Morgan fingerprint density at radius 3 is 2.88 bits per heavy atom. The first-order chi connectivity index (χ1) is 8.31. The van der Waals surface area contributed by atoms with Gasteiger partial charge in [-0.1, -0.05) is 6.42 Å². The number of H-pyrrole nitrogens is 1. The Morgan fingerprint density at radius 1 is 1.53 bits per heavy atom. The summed E-state index contributed by atoms with van der Waals surface area (Å²) in [7, 11) is 0. The summed E-state index contributed by atoms with van der Waals surface area (Å²) >= 11 is 0. The minimum Gasteiger partial charge on any atom is -0.396 e. The number of hydrogen-bond donors (Lipinski definition) is 2. The lowest BCUT2D eigenvalue weighted by Gasteiger charge is -2.37. The molecule has 1 fully saturated rings. The molecule has 0 spiro atoms. The Kier molecular flexibility index (Phi) is 4.34. The van der Waals surface area contributed by atoms with Crippen LogP contribution in [0.25, 0.3) is 0 Å². The highest BCUT2D eigenvalue weighted by Crippen LogP contribution is 2.25. The highest BCUT2D eigenvalue weighted by molar-refractivity contribution is 5.95. The van der Waals surface area contributed by atoms with Crippen LogP contribution in [0.5, 0.6) is 0 Å². The molecule has 94 valence electrons. The van der Waals surface area contributed by atoms with E-state index in [0.717, 1.165) is 13.0 Å². The van der Waals surface area contributed by atoms with Crippen LogP contribution < -0.4 is 0 Å². The number of carbonyl (C=O) groups is 1. The van der Waals surface area contributed by atoms with Gasteiger partial charge in [0.1, 0.15) is 0 Å². The quantitative estimate of drug-likeness (QED) is 0.704. The molecule has 0 bridgehead atoms. The van der Waals surface area contributed by atoms with Crippen molar-refractivity contribution < 1.29 is 9.90 Å². The Morgan fingerprint density at radius 2 is 2.35 bits per heavy atom. The molecule has 0 radical (unpaired) electrons. The smallest absolute Gasteiger partial charge is 0.192 e. The third kappa shape index (κ3) is 3.17. The van der Waals surface area contributed by atoms with E-state index in [1.54, 1.807) is 6.20 Å². The molecule has 17 heavy (non-hydrogen) atoms. The molecule has 1 saturated carbocycles. The van der Waals surface area contributed by atoms with Crippen LogP contribution in [0.1, 0.15) is 36.2 Å². The molecular formula is C13H20N2O2. The number of Topliss-reactive ketones (excluding diaryl/α,β-unsaturated/α-hetero) is 1. The van der Waals surface area contributed by atoms with Crippen molar-refractivity contribution in [3.05, 3.63) is 24.0 Å². The third-order valence-corrected chi connectivity index (χ3v) is 3.44. The van der Waals surface area contributed by atoms with Crippen molar-refractivity contribution in [2.75, 3.05) is 19.7 Å². The second-order valence-electron chi connectivity index (χ2n) is 4.64. The average molecular weight is 236 g/mol. The van der Waals surface area contributed by atoms with E-state index in [1.807, 2.05) is 12.1 Å². The van der Waals surface area contributed by atoms with E-state index in [2.05, 4.69) is 9.88 Å². The van der Waals surface area contributed by atoms with Crippen molar-refractivity contribution in [1.29, 1.82) is 0 Å². The van der Waals surface area contributed by atoms with Crippen LogP contribution in [0.15, 0.2) is 18.3 Å². The lowest BCUT2D eigenvalue weighted by atomic mass is 9.91. The average Bonchev–Trinajstić information content (AvgIpc) is 2.76. The number of aliphatic hydroxyl groups is 1. The number of hydrogen-bond acceptors (Lipinski definition) is 3. The van der Waals surface area contributed by atoms with Gasteiger partial charge in [0.15, 0.2) is 5.78 Å². The van der Waals surface area contributed by atoms with E-state index in [4.69, 9.17) is 5.11 Å². The van der Waals surface area contributed by atoms with Gasteiger partial charge in [0.05, 0.1) is 12.2 Å². The van der Waals surface area contributed by atoms with Gasteiger partial charge in [0.25, 0.3) is 0 Å². The Balaban J connectivity index is 1.89. The van der Waals surface area contributed by atoms with Crippen LogP contribution in [-0.2, 0) is 0 Å². The van der Waals surface area contributed by atoms with Gasteiger partial charge in [-0.15, -0.1) is 0 Å².